The summed E-state index contributed by atoms with van der Waals surface area (Å²) in [4.78, 5) is 12.3. The molecule has 98 valence electrons. The molecule has 0 saturated carbocycles. The first-order valence-electron chi connectivity index (χ1n) is 6.26. The quantitative estimate of drug-likeness (QED) is 0.804. The second kappa shape index (κ2) is 6.27. The van der Waals surface area contributed by atoms with Crippen LogP contribution in [0.4, 0.5) is 0 Å². The summed E-state index contributed by atoms with van der Waals surface area (Å²) in [5, 5.41) is 9.85. The lowest BCUT2D eigenvalue weighted by Crippen LogP contribution is -2.16. The molecule has 0 heterocycles. The molecule has 3 nitrogen and oxygen atoms in total. The molecule has 1 atom stereocenters. The normalized spacial score (nSPS) is 12.1. The molecule has 2 aromatic carbocycles. The number of Topliss-reactive ketones (excluding diaryl/α,β-unsaturated/α-hetero) is 1. The summed E-state index contributed by atoms with van der Waals surface area (Å²) in [7, 11) is 0. The van der Waals surface area contributed by atoms with Gasteiger partial charge in [0.1, 0.15) is 0 Å². The van der Waals surface area contributed by atoms with E-state index in [0.717, 1.165) is 5.56 Å². The fourth-order valence-electron chi connectivity index (χ4n) is 2.04. The van der Waals surface area contributed by atoms with Crippen LogP contribution in [0.1, 0.15) is 27.6 Å². The minimum Gasteiger partial charge on any atom is -0.387 e. The van der Waals surface area contributed by atoms with Crippen LogP contribution in [-0.2, 0) is 6.42 Å². The Hall–Kier alpha value is -1.97. The van der Waals surface area contributed by atoms with E-state index in [1.54, 1.807) is 24.3 Å². The van der Waals surface area contributed by atoms with Gasteiger partial charge in [0.25, 0.3) is 0 Å². The lowest BCUT2D eigenvalue weighted by Gasteiger charge is -2.13. The van der Waals surface area contributed by atoms with Gasteiger partial charge in [0.05, 0.1) is 6.10 Å². The van der Waals surface area contributed by atoms with Crippen LogP contribution in [-0.4, -0.2) is 17.4 Å². The Balaban J connectivity index is 2.24. The van der Waals surface area contributed by atoms with E-state index in [1.165, 1.54) is 0 Å². The summed E-state index contributed by atoms with van der Waals surface area (Å²) in [6.07, 6.45) is -0.467. The van der Waals surface area contributed by atoms with Gasteiger partial charge in [-0.25, -0.2) is 0 Å². The number of rotatable bonds is 5. The van der Waals surface area contributed by atoms with Crippen LogP contribution in [0.25, 0.3) is 0 Å². The van der Waals surface area contributed by atoms with Crippen LogP contribution in [0.2, 0.25) is 0 Å². The van der Waals surface area contributed by atoms with Gasteiger partial charge in [-0.1, -0.05) is 54.6 Å². The molecule has 2 aromatic rings. The van der Waals surface area contributed by atoms with Crippen molar-refractivity contribution in [3.05, 3.63) is 71.3 Å². The van der Waals surface area contributed by atoms with E-state index in [0.29, 0.717) is 17.5 Å². The lowest BCUT2D eigenvalue weighted by molar-refractivity contribution is 0.0986. The summed E-state index contributed by atoms with van der Waals surface area (Å²) >= 11 is 0. The maximum atomic E-state index is 12.3. The first kappa shape index (κ1) is 13.5. The van der Waals surface area contributed by atoms with E-state index in [-0.39, 0.29) is 12.3 Å². The molecule has 0 aliphatic rings. The molecule has 0 saturated heterocycles. The summed E-state index contributed by atoms with van der Waals surface area (Å²) in [5.74, 6) is -0.00528. The zero-order chi connectivity index (χ0) is 13.7. The van der Waals surface area contributed by atoms with Gasteiger partial charge in [-0.3, -0.25) is 4.79 Å². The molecule has 0 aliphatic carbocycles. The maximum absolute atomic E-state index is 12.3. The Bertz CT molecular complexity index is 552. The van der Waals surface area contributed by atoms with E-state index in [4.69, 9.17) is 5.73 Å². The second-order valence-corrected chi connectivity index (χ2v) is 4.42. The molecule has 2 rings (SSSR count). The number of benzene rings is 2. The molecule has 0 amide bonds. The molecule has 1 unspecified atom stereocenters. The molecule has 0 radical (unpaired) electrons. The molecule has 0 fully saturated rings. The summed E-state index contributed by atoms with van der Waals surface area (Å²) in [5.41, 5.74) is 7.58. The molecule has 0 spiro atoms. The van der Waals surface area contributed by atoms with Crippen molar-refractivity contribution in [3.8, 4) is 0 Å². The van der Waals surface area contributed by atoms with Gasteiger partial charge in [0.15, 0.2) is 5.78 Å². The predicted octanol–water partition coefficient (Wildman–Crippen LogP) is 2.10. The highest BCUT2D eigenvalue weighted by Gasteiger charge is 2.16. The number of ketones is 1. The summed E-state index contributed by atoms with van der Waals surface area (Å²) in [6.45, 7) is 0.107. The number of aliphatic hydroxyl groups is 1. The standard InChI is InChI=1S/C16H17NO2/c17-11-16(19)14-9-5-4-8-13(14)15(18)10-12-6-2-1-3-7-12/h1-9,16,19H,10-11,17H2. The Morgan fingerprint density at radius 2 is 1.68 bits per heavy atom. The van der Waals surface area contributed by atoms with Gasteiger partial charge in [-0.15, -0.1) is 0 Å². The average molecular weight is 255 g/mol. The zero-order valence-corrected chi connectivity index (χ0v) is 10.6. The highest BCUT2D eigenvalue weighted by molar-refractivity contribution is 5.99. The van der Waals surface area contributed by atoms with Crippen LogP contribution in [0.3, 0.4) is 0 Å². The minimum atomic E-state index is -0.795. The van der Waals surface area contributed by atoms with Crippen molar-refractivity contribution in [3.63, 3.8) is 0 Å². The number of nitrogens with two attached hydrogens (primary N) is 1. The fourth-order valence-corrected chi connectivity index (χ4v) is 2.04. The lowest BCUT2D eigenvalue weighted by atomic mass is 9.95. The van der Waals surface area contributed by atoms with Crippen molar-refractivity contribution in [1.29, 1.82) is 0 Å². The van der Waals surface area contributed by atoms with E-state index in [1.807, 2.05) is 30.3 Å². The number of aliphatic hydroxyl groups excluding tert-OH is 1. The Labute approximate surface area is 112 Å². The molecule has 3 heteroatoms. The highest BCUT2D eigenvalue weighted by Crippen LogP contribution is 2.19. The molecular weight excluding hydrogens is 238 g/mol. The zero-order valence-electron chi connectivity index (χ0n) is 10.6. The van der Waals surface area contributed by atoms with Crippen molar-refractivity contribution in [2.24, 2.45) is 5.73 Å². The third-order valence-corrected chi connectivity index (χ3v) is 3.05. The van der Waals surface area contributed by atoms with Crippen LogP contribution in [0.15, 0.2) is 54.6 Å². The minimum absolute atomic E-state index is 0.00528. The molecule has 19 heavy (non-hydrogen) atoms. The molecule has 0 aromatic heterocycles. The van der Waals surface area contributed by atoms with Crippen LogP contribution >= 0.6 is 0 Å². The third-order valence-electron chi connectivity index (χ3n) is 3.05. The average Bonchev–Trinajstić information content (AvgIpc) is 2.47. The van der Waals surface area contributed by atoms with Gasteiger partial charge in [-0.05, 0) is 11.1 Å². The Kier molecular flexibility index (Phi) is 4.44. The van der Waals surface area contributed by atoms with E-state index >= 15 is 0 Å². The van der Waals surface area contributed by atoms with Gasteiger partial charge in [-0.2, -0.15) is 0 Å². The summed E-state index contributed by atoms with van der Waals surface area (Å²) in [6, 6.07) is 16.6. The van der Waals surface area contributed by atoms with Gasteiger partial charge in [0.2, 0.25) is 0 Å². The smallest absolute Gasteiger partial charge is 0.167 e. The molecule has 0 bridgehead atoms. The van der Waals surface area contributed by atoms with Crippen LogP contribution < -0.4 is 5.73 Å². The molecular formula is C16H17NO2. The van der Waals surface area contributed by atoms with E-state index in [2.05, 4.69) is 0 Å². The largest absolute Gasteiger partial charge is 0.387 e. The highest BCUT2D eigenvalue weighted by atomic mass is 16.3. The maximum Gasteiger partial charge on any atom is 0.167 e. The van der Waals surface area contributed by atoms with Crippen molar-refractivity contribution < 1.29 is 9.90 Å². The summed E-state index contributed by atoms with van der Waals surface area (Å²) < 4.78 is 0. The SMILES string of the molecule is NCC(O)c1ccccc1C(=O)Cc1ccccc1. The topological polar surface area (TPSA) is 63.3 Å². The Morgan fingerprint density at radius 1 is 1.05 bits per heavy atom. The first-order chi connectivity index (χ1) is 9.22. The van der Waals surface area contributed by atoms with Crippen molar-refractivity contribution in [2.75, 3.05) is 6.54 Å². The van der Waals surface area contributed by atoms with E-state index in [9.17, 15) is 9.90 Å². The fraction of sp³-hybridized carbons (Fsp3) is 0.188. The third kappa shape index (κ3) is 3.28. The van der Waals surface area contributed by atoms with Crippen molar-refractivity contribution >= 4 is 5.78 Å². The predicted molar refractivity (Wildman–Crippen MR) is 74.9 cm³/mol. The van der Waals surface area contributed by atoms with E-state index < -0.39 is 6.10 Å². The van der Waals surface area contributed by atoms with Crippen molar-refractivity contribution in [2.45, 2.75) is 12.5 Å². The number of carbonyl (C=O) groups is 1. The van der Waals surface area contributed by atoms with Gasteiger partial charge >= 0.3 is 0 Å². The van der Waals surface area contributed by atoms with Crippen LogP contribution in [0.5, 0.6) is 0 Å². The monoisotopic (exact) mass is 255 g/mol. The Morgan fingerprint density at radius 3 is 2.37 bits per heavy atom. The molecule has 3 N–H and O–H groups in total. The van der Waals surface area contributed by atoms with Gasteiger partial charge in [0, 0.05) is 18.5 Å². The van der Waals surface area contributed by atoms with Crippen LogP contribution in [0, 0.1) is 0 Å². The second-order valence-electron chi connectivity index (χ2n) is 4.42. The van der Waals surface area contributed by atoms with Gasteiger partial charge < -0.3 is 10.8 Å². The molecule has 0 aliphatic heterocycles. The van der Waals surface area contributed by atoms with Crippen molar-refractivity contribution in [1.82, 2.24) is 0 Å². The number of hydrogen-bond donors (Lipinski definition) is 2. The number of carbonyl (C=O) groups excluding carboxylic acids is 1. The first-order valence-corrected chi connectivity index (χ1v) is 6.26. The number of hydrogen-bond acceptors (Lipinski definition) is 3.